The fourth-order valence-electron chi connectivity index (χ4n) is 1.93. The van der Waals surface area contributed by atoms with E-state index in [0.29, 0.717) is 16.8 Å². The Kier molecular flexibility index (Phi) is 1.21. The SMILES string of the molecule is Nc1cccc2c1C(=O)C1=CN=NC12. The summed E-state index contributed by atoms with van der Waals surface area (Å²) in [7, 11) is 0. The van der Waals surface area contributed by atoms with Crippen LogP contribution in [0.5, 0.6) is 0 Å². The van der Waals surface area contributed by atoms with E-state index < -0.39 is 0 Å². The highest BCUT2D eigenvalue weighted by Gasteiger charge is 2.38. The van der Waals surface area contributed by atoms with Gasteiger partial charge >= 0.3 is 0 Å². The Labute approximate surface area is 80.1 Å². The van der Waals surface area contributed by atoms with Gasteiger partial charge in [-0.1, -0.05) is 12.1 Å². The number of nitrogens with zero attached hydrogens (tertiary/aromatic N) is 2. The summed E-state index contributed by atoms with van der Waals surface area (Å²) in [6.45, 7) is 0. The largest absolute Gasteiger partial charge is 0.398 e. The molecule has 0 saturated heterocycles. The summed E-state index contributed by atoms with van der Waals surface area (Å²) >= 11 is 0. The second-order valence-electron chi connectivity index (χ2n) is 3.36. The molecular formula is C10H7N3O. The van der Waals surface area contributed by atoms with Crippen molar-refractivity contribution in [3.8, 4) is 0 Å². The van der Waals surface area contributed by atoms with E-state index in [1.807, 2.05) is 12.1 Å². The summed E-state index contributed by atoms with van der Waals surface area (Å²) in [6, 6.07) is 5.23. The molecule has 0 bridgehead atoms. The zero-order valence-corrected chi connectivity index (χ0v) is 7.27. The predicted octanol–water partition coefficient (Wildman–Crippen LogP) is 1.86. The number of azo groups is 1. The fourth-order valence-corrected chi connectivity index (χ4v) is 1.93. The maximum Gasteiger partial charge on any atom is 0.195 e. The zero-order valence-electron chi connectivity index (χ0n) is 7.27. The summed E-state index contributed by atoms with van der Waals surface area (Å²) in [5.74, 6) is -0.0342. The van der Waals surface area contributed by atoms with Crippen molar-refractivity contribution < 1.29 is 4.79 Å². The third-order valence-corrected chi connectivity index (χ3v) is 2.59. The highest BCUT2D eigenvalue weighted by atomic mass is 16.1. The highest BCUT2D eigenvalue weighted by Crippen LogP contribution is 2.43. The van der Waals surface area contributed by atoms with Gasteiger partial charge in [0.2, 0.25) is 0 Å². The molecule has 14 heavy (non-hydrogen) atoms. The smallest absolute Gasteiger partial charge is 0.195 e. The van der Waals surface area contributed by atoms with Gasteiger partial charge in [0.05, 0.1) is 17.3 Å². The van der Waals surface area contributed by atoms with E-state index in [9.17, 15) is 4.79 Å². The van der Waals surface area contributed by atoms with Gasteiger partial charge in [-0.25, -0.2) is 0 Å². The van der Waals surface area contributed by atoms with Gasteiger partial charge in [-0.05, 0) is 11.6 Å². The molecular weight excluding hydrogens is 178 g/mol. The number of nitrogens with two attached hydrogens (primary N) is 1. The standard InChI is InChI=1S/C10H7N3O/c11-7-3-1-2-5-8(7)10(14)6-4-12-13-9(5)6/h1-4,9H,11H2. The Hall–Kier alpha value is -1.97. The fraction of sp³-hybridized carbons (Fsp3) is 0.100. The average Bonchev–Trinajstić information content (AvgIpc) is 2.71. The van der Waals surface area contributed by atoms with Gasteiger partial charge < -0.3 is 5.73 Å². The molecule has 0 amide bonds. The molecule has 0 fully saturated rings. The minimum Gasteiger partial charge on any atom is -0.398 e. The van der Waals surface area contributed by atoms with E-state index in [2.05, 4.69) is 10.2 Å². The van der Waals surface area contributed by atoms with E-state index in [0.717, 1.165) is 5.56 Å². The monoisotopic (exact) mass is 185 g/mol. The summed E-state index contributed by atoms with van der Waals surface area (Å²) in [5, 5.41) is 7.73. The molecule has 1 aliphatic carbocycles. The topological polar surface area (TPSA) is 67.8 Å². The summed E-state index contributed by atoms with van der Waals surface area (Å²) in [6.07, 6.45) is 1.52. The molecule has 4 nitrogen and oxygen atoms in total. The number of hydrogen-bond acceptors (Lipinski definition) is 4. The molecule has 0 radical (unpaired) electrons. The van der Waals surface area contributed by atoms with Crippen LogP contribution in [0.2, 0.25) is 0 Å². The van der Waals surface area contributed by atoms with Gasteiger partial charge in [0, 0.05) is 5.69 Å². The number of carbonyl (C=O) groups excluding carboxylic acids is 1. The van der Waals surface area contributed by atoms with Crippen LogP contribution in [0, 0.1) is 0 Å². The van der Waals surface area contributed by atoms with Gasteiger partial charge in [0.15, 0.2) is 5.78 Å². The molecule has 1 aliphatic heterocycles. The minimum atomic E-state index is -0.207. The Balaban J connectivity index is 2.34. The number of ketones is 1. The van der Waals surface area contributed by atoms with E-state index in [4.69, 9.17) is 5.73 Å². The Morgan fingerprint density at radius 1 is 1.36 bits per heavy atom. The van der Waals surface area contributed by atoms with Crippen LogP contribution in [0.25, 0.3) is 0 Å². The van der Waals surface area contributed by atoms with Crippen molar-refractivity contribution in [1.82, 2.24) is 0 Å². The molecule has 2 aliphatic rings. The average molecular weight is 185 g/mol. The van der Waals surface area contributed by atoms with Crippen LogP contribution in [0.15, 0.2) is 40.2 Å². The van der Waals surface area contributed by atoms with E-state index >= 15 is 0 Å². The number of benzene rings is 1. The molecule has 68 valence electrons. The van der Waals surface area contributed by atoms with Crippen molar-refractivity contribution in [3.05, 3.63) is 41.1 Å². The lowest BCUT2D eigenvalue weighted by Gasteiger charge is -2.02. The molecule has 0 spiro atoms. The number of hydrogen-bond donors (Lipinski definition) is 1. The van der Waals surface area contributed by atoms with E-state index in [1.165, 1.54) is 6.20 Å². The van der Waals surface area contributed by atoms with Gasteiger partial charge in [-0.2, -0.15) is 10.2 Å². The van der Waals surface area contributed by atoms with Crippen LogP contribution in [-0.2, 0) is 0 Å². The molecule has 4 heteroatoms. The molecule has 1 heterocycles. The first-order chi connectivity index (χ1) is 6.79. The molecule has 1 unspecified atom stereocenters. The molecule has 2 N–H and O–H groups in total. The number of nitrogen functional groups attached to an aromatic ring is 1. The third-order valence-electron chi connectivity index (χ3n) is 2.59. The first-order valence-electron chi connectivity index (χ1n) is 4.32. The molecule has 1 aromatic carbocycles. The molecule has 1 aromatic rings. The van der Waals surface area contributed by atoms with Gasteiger partial charge in [-0.15, -0.1) is 0 Å². The number of anilines is 1. The lowest BCUT2D eigenvalue weighted by Crippen LogP contribution is -1.99. The Morgan fingerprint density at radius 3 is 3.07 bits per heavy atom. The molecule has 3 rings (SSSR count). The normalized spacial score (nSPS) is 22.1. The highest BCUT2D eigenvalue weighted by molar-refractivity contribution is 6.17. The first-order valence-corrected chi connectivity index (χ1v) is 4.32. The molecule has 0 saturated carbocycles. The summed E-state index contributed by atoms with van der Waals surface area (Å²) in [5.41, 5.74) is 8.38. The quantitative estimate of drug-likeness (QED) is 0.627. The zero-order chi connectivity index (χ0) is 9.71. The van der Waals surface area contributed by atoms with Crippen molar-refractivity contribution in [1.29, 1.82) is 0 Å². The third kappa shape index (κ3) is 0.706. The predicted molar refractivity (Wildman–Crippen MR) is 50.9 cm³/mol. The maximum atomic E-state index is 11.8. The minimum absolute atomic E-state index is 0.0342. The van der Waals surface area contributed by atoms with Crippen LogP contribution in [0.1, 0.15) is 22.0 Å². The van der Waals surface area contributed by atoms with Crippen LogP contribution in [0.3, 0.4) is 0 Å². The summed E-state index contributed by atoms with van der Waals surface area (Å²) < 4.78 is 0. The maximum absolute atomic E-state index is 11.8. The summed E-state index contributed by atoms with van der Waals surface area (Å²) in [4.78, 5) is 11.8. The van der Waals surface area contributed by atoms with Crippen molar-refractivity contribution in [2.45, 2.75) is 6.04 Å². The van der Waals surface area contributed by atoms with Gasteiger partial charge in [-0.3, -0.25) is 4.79 Å². The van der Waals surface area contributed by atoms with Crippen LogP contribution < -0.4 is 5.73 Å². The first kappa shape index (κ1) is 7.44. The number of rotatable bonds is 0. The van der Waals surface area contributed by atoms with Crippen LogP contribution in [-0.4, -0.2) is 5.78 Å². The van der Waals surface area contributed by atoms with Crippen LogP contribution in [0.4, 0.5) is 5.69 Å². The van der Waals surface area contributed by atoms with Crippen molar-refractivity contribution >= 4 is 11.5 Å². The lowest BCUT2D eigenvalue weighted by atomic mass is 10.1. The second kappa shape index (κ2) is 2.29. The van der Waals surface area contributed by atoms with Gasteiger partial charge in [0.1, 0.15) is 6.04 Å². The van der Waals surface area contributed by atoms with E-state index in [1.54, 1.807) is 6.07 Å². The Bertz CT molecular complexity index is 502. The number of Topliss-reactive ketones (excluding diaryl/α,β-unsaturated/α-hetero) is 1. The van der Waals surface area contributed by atoms with Crippen molar-refractivity contribution in [2.75, 3.05) is 5.73 Å². The van der Waals surface area contributed by atoms with Crippen molar-refractivity contribution in [2.24, 2.45) is 10.2 Å². The van der Waals surface area contributed by atoms with Gasteiger partial charge in [0.25, 0.3) is 0 Å². The number of fused-ring (bicyclic) bond motifs is 3. The van der Waals surface area contributed by atoms with E-state index in [-0.39, 0.29) is 11.8 Å². The van der Waals surface area contributed by atoms with Crippen molar-refractivity contribution in [3.63, 3.8) is 0 Å². The molecule has 1 atom stereocenters. The lowest BCUT2D eigenvalue weighted by molar-refractivity contribution is 0.103. The number of carbonyl (C=O) groups is 1. The molecule has 0 aromatic heterocycles. The second-order valence-corrected chi connectivity index (χ2v) is 3.36. The van der Waals surface area contributed by atoms with Crippen LogP contribution >= 0.6 is 0 Å². The Morgan fingerprint density at radius 2 is 2.21 bits per heavy atom.